The van der Waals surface area contributed by atoms with Crippen molar-refractivity contribution in [2.45, 2.75) is 26.8 Å². The first-order valence-corrected chi connectivity index (χ1v) is 8.03. The third kappa shape index (κ3) is 2.97. The molecule has 1 saturated heterocycles. The van der Waals surface area contributed by atoms with Gasteiger partial charge in [-0.25, -0.2) is 9.48 Å². The van der Waals surface area contributed by atoms with Crippen LogP contribution in [-0.4, -0.2) is 71.0 Å². The minimum atomic E-state index is -0.318. The zero-order chi connectivity index (χ0) is 16.4. The molecule has 1 fully saturated rings. The number of aryl methyl sites for hydroxylation is 1. The molecule has 0 N–H and O–H groups in total. The van der Waals surface area contributed by atoms with Crippen molar-refractivity contribution < 1.29 is 19.1 Å². The summed E-state index contributed by atoms with van der Waals surface area (Å²) in [6.07, 6.45) is 0.585. The molecule has 0 bridgehead atoms. The number of nitrogens with zero attached hydrogens (tertiary/aromatic N) is 4. The van der Waals surface area contributed by atoms with E-state index in [-0.39, 0.29) is 12.0 Å². The number of fused-ring (bicyclic) bond motifs is 1. The topological polar surface area (TPSA) is 76.9 Å². The van der Waals surface area contributed by atoms with E-state index in [1.165, 1.54) is 0 Å². The summed E-state index contributed by atoms with van der Waals surface area (Å²) in [5.74, 6) is 0.598. The van der Waals surface area contributed by atoms with Gasteiger partial charge < -0.3 is 19.3 Å². The molecule has 2 amide bonds. The van der Waals surface area contributed by atoms with Crippen LogP contribution in [0.4, 0.5) is 4.79 Å². The molecule has 0 atom stereocenters. The lowest BCUT2D eigenvalue weighted by Crippen LogP contribution is -2.50. The molecule has 1 aromatic rings. The quantitative estimate of drug-likeness (QED) is 0.808. The summed E-state index contributed by atoms with van der Waals surface area (Å²) in [7, 11) is 0. The van der Waals surface area contributed by atoms with Gasteiger partial charge in [0.05, 0.1) is 13.2 Å². The molecule has 2 aliphatic rings. The lowest BCUT2D eigenvalue weighted by molar-refractivity contribution is 0.0564. The summed E-state index contributed by atoms with van der Waals surface area (Å²) in [6.45, 7) is 7.38. The predicted octanol–water partition coefficient (Wildman–Crippen LogP) is 0.888. The molecule has 0 radical (unpaired) electrons. The Balaban J connectivity index is 1.66. The monoisotopic (exact) mass is 322 g/mol. The maximum atomic E-state index is 12.7. The zero-order valence-electron chi connectivity index (χ0n) is 13.6. The molecular formula is C15H22N4O4. The predicted molar refractivity (Wildman–Crippen MR) is 81.6 cm³/mol. The molecule has 23 heavy (non-hydrogen) atoms. The van der Waals surface area contributed by atoms with Gasteiger partial charge >= 0.3 is 6.09 Å². The Hall–Kier alpha value is -2.25. The van der Waals surface area contributed by atoms with Crippen LogP contribution in [0.15, 0.2) is 0 Å². The number of hydrogen-bond acceptors (Lipinski definition) is 5. The van der Waals surface area contributed by atoms with Gasteiger partial charge in [-0.1, -0.05) is 0 Å². The number of amides is 2. The number of ether oxygens (including phenoxy) is 2. The fourth-order valence-corrected chi connectivity index (χ4v) is 2.91. The average Bonchev–Trinajstić information content (AvgIpc) is 2.92. The summed E-state index contributed by atoms with van der Waals surface area (Å²) >= 11 is 0. The number of carbonyl (C=O) groups is 2. The van der Waals surface area contributed by atoms with Crippen molar-refractivity contribution in [3.63, 3.8) is 0 Å². The Morgan fingerprint density at radius 2 is 1.87 bits per heavy atom. The average molecular weight is 322 g/mol. The van der Waals surface area contributed by atoms with Crippen molar-refractivity contribution in [1.82, 2.24) is 19.6 Å². The molecule has 0 aliphatic carbocycles. The normalized spacial score (nSPS) is 17.5. The van der Waals surface area contributed by atoms with Gasteiger partial charge in [-0.15, -0.1) is 0 Å². The van der Waals surface area contributed by atoms with Gasteiger partial charge in [0.15, 0.2) is 5.69 Å². The van der Waals surface area contributed by atoms with Crippen LogP contribution in [0.5, 0.6) is 5.88 Å². The maximum absolute atomic E-state index is 12.7. The van der Waals surface area contributed by atoms with Gasteiger partial charge in [0.25, 0.3) is 5.91 Å². The smallest absolute Gasteiger partial charge is 0.409 e. The van der Waals surface area contributed by atoms with Crippen molar-refractivity contribution in [2.24, 2.45) is 0 Å². The second-order valence-corrected chi connectivity index (χ2v) is 5.68. The molecule has 2 aliphatic heterocycles. The van der Waals surface area contributed by atoms with E-state index in [0.717, 1.165) is 18.5 Å². The Kier molecular flexibility index (Phi) is 4.40. The van der Waals surface area contributed by atoms with Crippen LogP contribution in [0.2, 0.25) is 0 Å². The molecule has 1 aromatic heterocycles. The molecule has 3 heterocycles. The molecule has 8 heteroatoms. The van der Waals surface area contributed by atoms with Crippen molar-refractivity contribution in [2.75, 3.05) is 39.4 Å². The van der Waals surface area contributed by atoms with Crippen LogP contribution in [0.25, 0.3) is 0 Å². The van der Waals surface area contributed by atoms with Gasteiger partial charge in [0.2, 0.25) is 5.88 Å². The largest absolute Gasteiger partial charge is 0.478 e. The number of hydrogen-bond donors (Lipinski definition) is 0. The fraction of sp³-hybridized carbons (Fsp3) is 0.667. The molecular weight excluding hydrogens is 300 g/mol. The summed E-state index contributed by atoms with van der Waals surface area (Å²) in [4.78, 5) is 27.8. The first kappa shape index (κ1) is 15.6. The minimum absolute atomic E-state index is 0.100. The molecule has 0 unspecified atom stereocenters. The summed E-state index contributed by atoms with van der Waals surface area (Å²) in [6, 6.07) is 0. The van der Waals surface area contributed by atoms with Gasteiger partial charge in [-0.3, -0.25) is 4.79 Å². The van der Waals surface area contributed by atoms with E-state index < -0.39 is 0 Å². The molecule has 0 aromatic carbocycles. The number of piperazine rings is 1. The van der Waals surface area contributed by atoms with E-state index in [1.807, 2.05) is 6.92 Å². The SMILES string of the molecule is CCOC(=O)N1CCN(C(=O)c2nn3c(c2C)OCCC3)CC1. The van der Waals surface area contributed by atoms with Crippen LogP contribution in [-0.2, 0) is 11.3 Å². The van der Waals surface area contributed by atoms with E-state index in [4.69, 9.17) is 9.47 Å². The van der Waals surface area contributed by atoms with Gasteiger partial charge in [-0.05, 0) is 13.8 Å². The summed E-state index contributed by atoms with van der Waals surface area (Å²) in [5.41, 5.74) is 1.24. The van der Waals surface area contributed by atoms with Crippen molar-refractivity contribution in [3.8, 4) is 5.88 Å². The number of aromatic nitrogens is 2. The van der Waals surface area contributed by atoms with Crippen LogP contribution in [0.1, 0.15) is 29.4 Å². The fourth-order valence-electron chi connectivity index (χ4n) is 2.91. The van der Waals surface area contributed by atoms with Crippen molar-refractivity contribution in [1.29, 1.82) is 0 Å². The highest BCUT2D eigenvalue weighted by Crippen LogP contribution is 2.26. The highest BCUT2D eigenvalue weighted by molar-refractivity contribution is 5.94. The second-order valence-electron chi connectivity index (χ2n) is 5.68. The minimum Gasteiger partial charge on any atom is -0.478 e. The number of rotatable bonds is 2. The molecule has 8 nitrogen and oxygen atoms in total. The van der Waals surface area contributed by atoms with Gasteiger partial charge in [0, 0.05) is 44.7 Å². The highest BCUT2D eigenvalue weighted by atomic mass is 16.6. The Bertz CT molecular complexity index is 605. The van der Waals surface area contributed by atoms with Crippen molar-refractivity contribution >= 4 is 12.0 Å². The Morgan fingerprint density at radius 3 is 2.52 bits per heavy atom. The van der Waals surface area contributed by atoms with Crippen LogP contribution in [0, 0.1) is 6.92 Å². The van der Waals surface area contributed by atoms with E-state index in [0.29, 0.717) is 51.0 Å². The third-order valence-electron chi connectivity index (χ3n) is 4.18. The molecule has 3 rings (SSSR count). The molecule has 0 spiro atoms. The Labute approximate surface area is 134 Å². The van der Waals surface area contributed by atoms with E-state index in [1.54, 1.807) is 21.4 Å². The third-order valence-corrected chi connectivity index (χ3v) is 4.18. The molecule has 0 saturated carbocycles. The van der Waals surface area contributed by atoms with E-state index in [2.05, 4.69) is 5.10 Å². The standard InChI is InChI=1S/C15H22N4O4/c1-3-22-15(21)18-8-6-17(7-9-18)13(20)12-11(2)14-19(16-12)5-4-10-23-14/h3-10H2,1-2H3. The van der Waals surface area contributed by atoms with Crippen LogP contribution < -0.4 is 4.74 Å². The second kappa shape index (κ2) is 6.47. The summed E-state index contributed by atoms with van der Waals surface area (Å²) < 4.78 is 12.4. The van der Waals surface area contributed by atoms with Crippen LogP contribution >= 0.6 is 0 Å². The first-order chi connectivity index (χ1) is 11.1. The lowest BCUT2D eigenvalue weighted by Gasteiger charge is -2.33. The van der Waals surface area contributed by atoms with Gasteiger partial charge in [-0.2, -0.15) is 5.10 Å². The first-order valence-electron chi connectivity index (χ1n) is 8.03. The highest BCUT2D eigenvalue weighted by Gasteiger charge is 2.30. The van der Waals surface area contributed by atoms with Gasteiger partial charge in [0.1, 0.15) is 0 Å². The zero-order valence-corrected chi connectivity index (χ0v) is 13.6. The molecule has 126 valence electrons. The van der Waals surface area contributed by atoms with E-state index in [9.17, 15) is 9.59 Å². The maximum Gasteiger partial charge on any atom is 0.409 e. The van der Waals surface area contributed by atoms with Crippen molar-refractivity contribution in [3.05, 3.63) is 11.3 Å². The summed E-state index contributed by atoms with van der Waals surface area (Å²) in [5, 5.41) is 4.40. The lowest BCUT2D eigenvalue weighted by atomic mass is 10.2. The number of carbonyl (C=O) groups excluding carboxylic acids is 2. The Morgan fingerprint density at radius 1 is 1.17 bits per heavy atom. The van der Waals surface area contributed by atoms with Crippen LogP contribution in [0.3, 0.4) is 0 Å². The van der Waals surface area contributed by atoms with E-state index >= 15 is 0 Å².